The van der Waals surface area contributed by atoms with Gasteiger partial charge in [-0.05, 0) is 6.07 Å². The summed E-state index contributed by atoms with van der Waals surface area (Å²) in [4.78, 5) is 16.6. The van der Waals surface area contributed by atoms with Gasteiger partial charge in [0.1, 0.15) is 0 Å². The van der Waals surface area contributed by atoms with E-state index >= 15 is 0 Å². The summed E-state index contributed by atoms with van der Waals surface area (Å²) in [6.45, 7) is -0.671. The van der Waals surface area contributed by atoms with E-state index in [-0.39, 0.29) is 12.2 Å². The zero-order valence-corrected chi connectivity index (χ0v) is 10.4. The molecule has 0 saturated heterocycles. The molecule has 0 aliphatic heterocycles. The molecule has 0 aliphatic rings. The molecule has 1 heterocycles. The fraction of sp³-hybridized carbons (Fsp3) is 0.385. The van der Waals surface area contributed by atoms with Gasteiger partial charge in [0.05, 0.1) is 18.7 Å². The summed E-state index contributed by atoms with van der Waals surface area (Å²) in [6.07, 6.45) is 0.522. The molecule has 6 heteroatoms. The molecule has 1 amide bonds. The molecular formula is C13H14F2N2O2. The van der Waals surface area contributed by atoms with Crippen LogP contribution in [0.15, 0.2) is 18.5 Å². The van der Waals surface area contributed by atoms with Crippen LogP contribution in [0.1, 0.15) is 22.3 Å². The van der Waals surface area contributed by atoms with Crippen molar-refractivity contribution in [2.75, 3.05) is 20.2 Å². The summed E-state index contributed by atoms with van der Waals surface area (Å²) in [5.41, 5.74) is 0.712. The number of hydrogen-bond acceptors (Lipinski definition) is 3. The fourth-order valence-electron chi connectivity index (χ4n) is 1.36. The first-order chi connectivity index (χ1) is 9.04. The Kier molecular flexibility index (Phi) is 5.90. The smallest absolute Gasteiger partial charge is 0.255 e. The van der Waals surface area contributed by atoms with Crippen molar-refractivity contribution in [2.24, 2.45) is 0 Å². The van der Waals surface area contributed by atoms with Gasteiger partial charge in [-0.2, -0.15) is 0 Å². The lowest BCUT2D eigenvalue weighted by molar-refractivity contribution is 0.0620. The van der Waals surface area contributed by atoms with Gasteiger partial charge in [0.25, 0.3) is 12.3 Å². The van der Waals surface area contributed by atoms with Gasteiger partial charge >= 0.3 is 0 Å². The van der Waals surface area contributed by atoms with Crippen molar-refractivity contribution in [1.29, 1.82) is 0 Å². The Hall–Kier alpha value is -2.00. The molecule has 1 rings (SSSR count). The third-order valence-electron chi connectivity index (χ3n) is 2.21. The van der Waals surface area contributed by atoms with Crippen LogP contribution in [0.3, 0.4) is 0 Å². The number of amides is 1. The first-order valence-corrected chi connectivity index (χ1v) is 5.63. The lowest BCUT2D eigenvalue weighted by Gasteiger charge is -2.16. The van der Waals surface area contributed by atoms with E-state index in [0.717, 1.165) is 4.90 Å². The number of halogens is 2. The number of aliphatic hydroxyl groups is 1. The van der Waals surface area contributed by atoms with Crippen molar-refractivity contribution < 1.29 is 18.7 Å². The number of aliphatic hydroxyl groups excluding tert-OH is 1. The maximum atomic E-state index is 12.2. The number of pyridine rings is 1. The molecule has 102 valence electrons. The predicted molar refractivity (Wildman–Crippen MR) is 65.8 cm³/mol. The average Bonchev–Trinajstić information content (AvgIpc) is 2.38. The van der Waals surface area contributed by atoms with Gasteiger partial charge in [-0.25, -0.2) is 8.78 Å². The highest BCUT2D eigenvalue weighted by atomic mass is 19.3. The molecule has 1 aromatic heterocycles. The van der Waals surface area contributed by atoms with E-state index in [2.05, 4.69) is 16.8 Å². The molecule has 0 radical (unpaired) electrons. The third kappa shape index (κ3) is 5.02. The fourth-order valence-corrected chi connectivity index (χ4v) is 1.36. The van der Waals surface area contributed by atoms with E-state index in [1.54, 1.807) is 0 Å². The second-order valence-corrected chi connectivity index (χ2v) is 3.81. The van der Waals surface area contributed by atoms with Crippen LogP contribution in [0.4, 0.5) is 8.78 Å². The summed E-state index contributed by atoms with van der Waals surface area (Å²) >= 11 is 0. The Labute approximate surface area is 110 Å². The average molecular weight is 268 g/mol. The number of aromatic nitrogens is 1. The molecule has 1 N–H and O–H groups in total. The topological polar surface area (TPSA) is 53.4 Å². The van der Waals surface area contributed by atoms with E-state index < -0.39 is 18.9 Å². The molecular weight excluding hydrogens is 254 g/mol. The zero-order chi connectivity index (χ0) is 14.3. The summed E-state index contributed by atoms with van der Waals surface area (Å²) in [7, 11) is 1.30. The molecule has 1 aromatic rings. The minimum absolute atomic E-state index is 0.0455. The largest absolute Gasteiger partial charge is 0.395 e. The van der Waals surface area contributed by atoms with Crippen LogP contribution in [-0.4, -0.2) is 47.5 Å². The second kappa shape index (κ2) is 7.44. The van der Waals surface area contributed by atoms with Crippen LogP contribution in [0, 0.1) is 11.8 Å². The molecule has 0 unspecified atom stereocenters. The lowest BCUT2D eigenvalue weighted by Crippen LogP contribution is -2.31. The van der Waals surface area contributed by atoms with Crippen molar-refractivity contribution >= 4 is 5.91 Å². The second-order valence-electron chi connectivity index (χ2n) is 3.81. The first kappa shape index (κ1) is 15.1. The Morgan fingerprint density at radius 2 is 2.26 bits per heavy atom. The van der Waals surface area contributed by atoms with E-state index in [1.165, 1.54) is 25.5 Å². The molecule has 0 spiro atoms. The third-order valence-corrected chi connectivity index (χ3v) is 2.21. The van der Waals surface area contributed by atoms with Crippen molar-refractivity contribution in [3.8, 4) is 11.8 Å². The molecule has 4 nitrogen and oxygen atoms in total. The van der Waals surface area contributed by atoms with Gasteiger partial charge in [0.15, 0.2) is 0 Å². The van der Waals surface area contributed by atoms with Crippen LogP contribution >= 0.6 is 0 Å². The maximum Gasteiger partial charge on any atom is 0.255 e. The summed E-state index contributed by atoms with van der Waals surface area (Å²) in [5.74, 6) is 4.89. The van der Waals surface area contributed by atoms with Gasteiger partial charge in [-0.3, -0.25) is 9.78 Å². The number of hydrogen-bond donors (Lipinski definition) is 1. The van der Waals surface area contributed by atoms with Gasteiger partial charge in [0.2, 0.25) is 0 Å². The van der Waals surface area contributed by atoms with Gasteiger partial charge < -0.3 is 10.0 Å². The van der Waals surface area contributed by atoms with Crippen molar-refractivity contribution in [3.63, 3.8) is 0 Å². The van der Waals surface area contributed by atoms with Crippen molar-refractivity contribution in [3.05, 3.63) is 29.6 Å². The summed E-state index contributed by atoms with van der Waals surface area (Å²) in [5, 5.41) is 8.59. The summed E-state index contributed by atoms with van der Waals surface area (Å²) < 4.78 is 24.4. The van der Waals surface area contributed by atoms with Crippen LogP contribution in [0.25, 0.3) is 0 Å². The SMILES string of the molecule is CN(CC(F)F)C(=O)c1cncc(C#CCCO)c1. The minimum Gasteiger partial charge on any atom is -0.395 e. The predicted octanol–water partition coefficient (Wildman–Crippen LogP) is 1.15. The maximum absolute atomic E-state index is 12.2. The molecule has 0 fully saturated rings. The Morgan fingerprint density at radius 1 is 1.53 bits per heavy atom. The monoisotopic (exact) mass is 268 g/mol. The van der Waals surface area contributed by atoms with E-state index in [0.29, 0.717) is 12.0 Å². The quantitative estimate of drug-likeness (QED) is 0.833. The molecule has 0 aromatic carbocycles. The molecule has 0 aliphatic carbocycles. The van der Waals surface area contributed by atoms with Crippen molar-refractivity contribution in [2.45, 2.75) is 12.8 Å². The van der Waals surface area contributed by atoms with Crippen LogP contribution in [0.2, 0.25) is 0 Å². The van der Waals surface area contributed by atoms with E-state index in [9.17, 15) is 13.6 Å². The van der Waals surface area contributed by atoms with Crippen LogP contribution < -0.4 is 0 Å². The van der Waals surface area contributed by atoms with Gasteiger partial charge in [-0.1, -0.05) is 11.8 Å². The van der Waals surface area contributed by atoms with Crippen LogP contribution in [0.5, 0.6) is 0 Å². The lowest BCUT2D eigenvalue weighted by atomic mass is 10.2. The summed E-state index contributed by atoms with van der Waals surface area (Å²) in [6, 6.07) is 1.49. The normalized spacial score (nSPS) is 9.95. The molecule has 0 atom stereocenters. The van der Waals surface area contributed by atoms with Gasteiger partial charge in [0, 0.05) is 31.4 Å². The number of alkyl halides is 2. The Balaban J connectivity index is 2.82. The number of nitrogens with zero attached hydrogens (tertiary/aromatic N) is 2. The highest BCUT2D eigenvalue weighted by molar-refractivity contribution is 5.94. The number of rotatable bonds is 4. The van der Waals surface area contributed by atoms with E-state index in [1.807, 2.05) is 0 Å². The molecule has 0 saturated carbocycles. The standard InChI is InChI=1S/C13H14F2N2O2/c1-17(9-12(14)15)13(19)11-6-10(7-16-8-11)4-2-3-5-18/h6-8,12,18H,3,5,9H2,1H3. The molecule has 0 bridgehead atoms. The first-order valence-electron chi connectivity index (χ1n) is 5.63. The van der Waals surface area contributed by atoms with Gasteiger partial charge in [-0.15, -0.1) is 0 Å². The number of carbonyl (C=O) groups is 1. The van der Waals surface area contributed by atoms with Crippen molar-refractivity contribution in [1.82, 2.24) is 9.88 Å². The minimum atomic E-state index is -2.57. The van der Waals surface area contributed by atoms with E-state index in [4.69, 9.17) is 5.11 Å². The highest BCUT2D eigenvalue weighted by Gasteiger charge is 2.16. The zero-order valence-electron chi connectivity index (χ0n) is 10.4. The highest BCUT2D eigenvalue weighted by Crippen LogP contribution is 2.06. The number of carbonyl (C=O) groups excluding carboxylic acids is 1. The molecule has 19 heavy (non-hydrogen) atoms. The van der Waals surface area contributed by atoms with Crippen LogP contribution in [-0.2, 0) is 0 Å². The Bertz CT molecular complexity index is 495. The Morgan fingerprint density at radius 3 is 2.89 bits per heavy atom.